The summed E-state index contributed by atoms with van der Waals surface area (Å²) in [4.78, 5) is 25.8. The third-order valence-electron chi connectivity index (χ3n) is 4.71. The van der Waals surface area contributed by atoms with Crippen molar-refractivity contribution in [3.05, 3.63) is 81.2 Å². The fraction of sp³-hybridized carbons (Fsp3) is 0.167. The molecular formula is C24H19ClO6. The molecule has 0 fully saturated rings. The molecule has 2 aromatic carbocycles. The number of fused-ring (bicyclic) bond motifs is 1. The summed E-state index contributed by atoms with van der Waals surface area (Å²) in [6.07, 6.45) is 1.46. The van der Waals surface area contributed by atoms with E-state index >= 15 is 0 Å². The molecule has 7 heteroatoms. The Hall–Kier alpha value is -3.51. The third kappa shape index (κ3) is 4.20. The molecule has 4 rings (SSSR count). The van der Waals surface area contributed by atoms with Gasteiger partial charge in [-0.25, -0.2) is 0 Å². The van der Waals surface area contributed by atoms with Crippen molar-refractivity contribution < 1.29 is 23.1 Å². The summed E-state index contributed by atoms with van der Waals surface area (Å²) in [6.45, 7) is 3.88. The second kappa shape index (κ2) is 8.70. The molecule has 0 spiro atoms. The van der Waals surface area contributed by atoms with Gasteiger partial charge >= 0.3 is 0 Å². The monoisotopic (exact) mass is 438 g/mol. The van der Waals surface area contributed by atoms with E-state index in [4.69, 9.17) is 29.9 Å². The normalized spacial score (nSPS) is 10.9. The summed E-state index contributed by atoms with van der Waals surface area (Å²) in [7, 11) is 0. The maximum absolute atomic E-state index is 13.2. The average molecular weight is 439 g/mol. The maximum atomic E-state index is 13.2. The minimum Gasteiger partial charge on any atom is -0.494 e. The van der Waals surface area contributed by atoms with Crippen LogP contribution in [0.4, 0.5) is 0 Å². The zero-order valence-electron chi connectivity index (χ0n) is 16.9. The van der Waals surface area contributed by atoms with Crippen molar-refractivity contribution in [3.63, 3.8) is 0 Å². The van der Waals surface area contributed by atoms with Gasteiger partial charge in [0.15, 0.2) is 18.2 Å². The Morgan fingerprint density at radius 3 is 2.55 bits per heavy atom. The number of hydrogen-bond donors (Lipinski definition) is 0. The van der Waals surface area contributed by atoms with Crippen LogP contribution in [0.3, 0.4) is 0 Å². The second-order valence-electron chi connectivity index (χ2n) is 6.83. The van der Waals surface area contributed by atoms with Crippen LogP contribution in [0.2, 0.25) is 5.02 Å². The number of carbonyl (C=O) groups is 1. The van der Waals surface area contributed by atoms with E-state index in [9.17, 15) is 9.59 Å². The summed E-state index contributed by atoms with van der Waals surface area (Å²) in [6, 6.07) is 13.2. The molecule has 0 saturated carbocycles. The average Bonchev–Trinajstić information content (AvgIpc) is 3.30. The van der Waals surface area contributed by atoms with Crippen molar-refractivity contribution in [1.29, 1.82) is 0 Å². The van der Waals surface area contributed by atoms with Crippen molar-refractivity contribution in [2.45, 2.75) is 13.8 Å². The van der Waals surface area contributed by atoms with Crippen LogP contribution in [-0.2, 0) is 0 Å². The third-order valence-corrected chi connectivity index (χ3v) is 5.12. The maximum Gasteiger partial charge on any atom is 0.235 e. The lowest BCUT2D eigenvalue weighted by Gasteiger charge is -2.11. The van der Waals surface area contributed by atoms with Gasteiger partial charge in [-0.05, 0) is 67.9 Å². The van der Waals surface area contributed by atoms with Gasteiger partial charge in [-0.1, -0.05) is 11.6 Å². The molecule has 0 atom stereocenters. The summed E-state index contributed by atoms with van der Waals surface area (Å²) in [5, 5.41) is 0.691. The summed E-state index contributed by atoms with van der Waals surface area (Å²) >= 11 is 6.19. The zero-order chi connectivity index (χ0) is 22.0. The van der Waals surface area contributed by atoms with Gasteiger partial charge in [-0.2, -0.15) is 0 Å². The van der Waals surface area contributed by atoms with Crippen LogP contribution in [0.5, 0.6) is 11.5 Å². The molecule has 0 unspecified atom stereocenters. The highest BCUT2D eigenvalue weighted by Crippen LogP contribution is 2.33. The number of carbonyl (C=O) groups excluding carboxylic acids is 1. The Kier molecular flexibility index (Phi) is 5.82. The number of rotatable bonds is 7. The Morgan fingerprint density at radius 1 is 1.10 bits per heavy atom. The molecule has 158 valence electrons. The highest BCUT2D eigenvalue weighted by Gasteiger charge is 2.21. The Balaban J connectivity index is 1.69. The number of ether oxygens (including phenoxy) is 2. The van der Waals surface area contributed by atoms with E-state index in [-0.39, 0.29) is 29.3 Å². The van der Waals surface area contributed by atoms with Crippen molar-refractivity contribution in [2.24, 2.45) is 0 Å². The van der Waals surface area contributed by atoms with Gasteiger partial charge in [0.25, 0.3) is 0 Å². The van der Waals surface area contributed by atoms with E-state index in [1.807, 2.05) is 13.8 Å². The predicted octanol–water partition coefficient (Wildman–Crippen LogP) is 5.68. The SMILES string of the molecule is CCOc1ccc(C(=O)COc2c(-c3ccco3)oc3cc(C)c(Cl)cc3c2=O)cc1. The van der Waals surface area contributed by atoms with E-state index in [0.29, 0.717) is 34.3 Å². The molecule has 0 aliphatic rings. The lowest BCUT2D eigenvalue weighted by Crippen LogP contribution is -2.17. The van der Waals surface area contributed by atoms with E-state index < -0.39 is 5.43 Å². The molecule has 0 N–H and O–H groups in total. The largest absolute Gasteiger partial charge is 0.494 e. The standard InChI is InChI=1S/C24H19ClO6/c1-3-28-16-8-6-15(7-9-16)19(26)13-30-24-22(27)17-12-18(25)14(2)11-21(17)31-23(24)20-5-4-10-29-20/h4-12H,3,13H2,1-2H3. The minimum atomic E-state index is -0.436. The number of furan rings is 1. The van der Waals surface area contributed by atoms with Crippen molar-refractivity contribution in [1.82, 2.24) is 0 Å². The molecule has 0 saturated heterocycles. The lowest BCUT2D eigenvalue weighted by molar-refractivity contribution is 0.0920. The van der Waals surface area contributed by atoms with Gasteiger partial charge in [0, 0.05) is 10.6 Å². The molecule has 0 amide bonds. The van der Waals surface area contributed by atoms with E-state index in [0.717, 1.165) is 5.56 Å². The molecular weight excluding hydrogens is 420 g/mol. The second-order valence-corrected chi connectivity index (χ2v) is 7.24. The number of hydrogen-bond acceptors (Lipinski definition) is 6. The summed E-state index contributed by atoms with van der Waals surface area (Å²) in [5.41, 5.74) is 1.12. The van der Waals surface area contributed by atoms with Gasteiger partial charge in [0.05, 0.1) is 18.3 Å². The van der Waals surface area contributed by atoms with Crippen LogP contribution >= 0.6 is 11.6 Å². The lowest BCUT2D eigenvalue weighted by atomic mass is 10.1. The van der Waals surface area contributed by atoms with Gasteiger partial charge in [0.2, 0.25) is 16.9 Å². The fourth-order valence-corrected chi connectivity index (χ4v) is 3.29. The number of benzene rings is 2. The highest BCUT2D eigenvalue weighted by molar-refractivity contribution is 6.32. The Bertz CT molecular complexity index is 1290. The zero-order valence-corrected chi connectivity index (χ0v) is 17.7. The van der Waals surface area contributed by atoms with Crippen LogP contribution in [0.25, 0.3) is 22.5 Å². The molecule has 0 aliphatic heterocycles. The number of halogens is 1. The molecule has 2 heterocycles. The molecule has 6 nitrogen and oxygen atoms in total. The molecule has 0 radical (unpaired) electrons. The first-order valence-electron chi connectivity index (χ1n) is 9.67. The van der Waals surface area contributed by atoms with Gasteiger partial charge in [0.1, 0.15) is 11.3 Å². The fourth-order valence-electron chi connectivity index (χ4n) is 3.12. The van der Waals surface area contributed by atoms with E-state index in [2.05, 4.69) is 0 Å². The highest BCUT2D eigenvalue weighted by atomic mass is 35.5. The first-order chi connectivity index (χ1) is 15.0. The molecule has 31 heavy (non-hydrogen) atoms. The Morgan fingerprint density at radius 2 is 1.87 bits per heavy atom. The van der Waals surface area contributed by atoms with Crippen LogP contribution < -0.4 is 14.9 Å². The van der Waals surface area contributed by atoms with E-state index in [1.54, 1.807) is 42.5 Å². The first kappa shape index (κ1) is 20.8. The van der Waals surface area contributed by atoms with Crippen LogP contribution in [0.15, 0.2) is 68.4 Å². The number of aryl methyl sites for hydroxylation is 1. The van der Waals surface area contributed by atoms with Gasteiger partial charge in [-0.15, -0.1) is 0 Å². The van der Waals surface area contributed by atoms with Gasteiger partial charge in [-0.3, -0.25) is 9.59 Å². The van der Waals surface area contributed by atoms with Crippen molar-refractivity contribution in [2.75, 3.05) is 13.2 Å². The number of ketones is 1. The molecule has 4 aromatic rings. The van der Waals surface area contributed by atoms with E-state index in [1.165, 1.54) is 12.3 Å². The molecule has 0 bridgehead atoms. The van der Waals surface area contributed by atoms with Crippen LogP contribution in [0, 0.1) is 6.92 Å². The quantitative estimate of drug-likeness (QED) is 0.345. The summed E-state index contributed by atoms with van der Waals surface area (Å²) < 4.78 is 22.4. The smallest absolute Gasteiger partial charge is 0.235 e. The van der Waals surface area contributed by atoms with Crippen molar-refractivity contribution >= 4 is 28.4 Å². The Labute approximate surface area is 183 Å². The number of Topliss-reactive ketones (excluding diaryl/α,β-unsaturated/α-hetero) is 1. The predicted molar refractivity (Wildman–Crippen MR) is 117 cm³/mol. The first-order valence-corrected chi connectivity index (χ1v) is 10.1. The minimum absolute atomic E-state index is 0.110. The van der Waals surface area contributed by atoms with Crippen molar-refractivity contribution in [3.8, 4) is 23.0 Å². The molecule has 2 aromatic heterocycles. The van der Waals surface area contributed by atoms with Gasteiger partial charge < -0.3 is 18.3 Å². The van der Waals surface area contributed by atoms with Crippen LogP contribution in [-0.4, -0.2) is 19.0 Å². The molecule has 0 aliphatic carbocycles. The van der Waals surface area contributed by atoms with Crippen LogP contribution in [0.1, 0.15) is 22.8 Å². The summed E-state index contributed by atoms with van der Waals surface area (Å²) in [5.74, 6) is 0.692. The topological polar surface area (TPSA) is 78.9 Å².